The normalized spacial score (nSPS) is 10.6. The van der Waals surface area contributed by atoms with E-state index in [1.807, 2.05) is 6.92 Å². The minimum atomic E-state index is 0.0868. The third-order valence-electron chi connectivity index (χ3n) is 2.47. The standard InChI is InChI=1S/C10H20N6OS/c1-4-11-6-7-16-10(12-13-14-16)18-8-9(17)15(3)5-2/h11H,4-8H2,1-3H3. The van der Waals surface area contributed by atoms with Gasteiger partial charge in [-0.15, -0.1) is 5.10 Å². The smallest absolute Gasteiger partial charge is 0.232 e. The highest BCUT2D eigenvalue weighted by molar-refractivity contribution is 7.99. The third-order valence-corrected chi connectivity index (χ3v) is 3.42. The lowest BCUT2D eigenvalue weighted by Gasteiger charge is -2.13. The maximum absolute atomic E-state index is 11.7. The van der Waals surface area contributed by atoms with Gasteiger partial charge in [-0.05, 0) is 23.9 Å². The zero-order valence-corrected chi connectivity index (χ0v) is 11.9. The number of nitrogens with zero attached hydrogens (tertiary/aromatic N) is 5. The summed E-state index contributed by atoms with van der Waals surface area (Å²) in [6.45, 7) is 7.16. The molecule has 0 atom stereocenters. The van der Waals surface area contributed by atoms with Gasteiger partial charge in [-0.25, -0.2) is 4.68 Å². The third kappa shape index (κ3) is 4.61. The second-order valence-corrected chi connectivity index (χ2v) is 4.68. The van der Waals surface area contributed by atoms with Gasteiger partial charge >= 0.3 is 0 Å². The second-order valence-electron chi connectivity index (χ2n) is 3.73. The summed E-state index contributed by atoms with van der Waals surface area (Å²) in [5, 5.41) is 15.3. The summed E-state index contributed by atoms with van der Waals surface area (Å²) < 4.78 is 1.71. The number of thioether (sulfide) groups is 1. The quantitative estimate of drug-likeness (QED) is 0.524. The molecule has 0 radical (unpaired) electrons. The van der Waals surface area contributed by atoms with Gasteiger partial charge in [0.2, 0.25) is 11.1 Å². The Hall–Kier alpha value is -1.15. The lowest BCUT2D eigenvalue weighted by molar-refractivity contribution is -0.126. The fourth-order valence-corrected chi connectivity index (χ4v) is 2.06. The van der Waals surface area contributed by atoms with Gasteiger partial charge in [0.05, 0.1) is 12.3 Å². The van der Waals surface area contributed by atoms with E-state index in [1.165, 1.54) is 11.8 Å². The highest BCUT2D eigenvalue weighted by atomic mass is 32.2. The first-order chi connectivity index (χ1) is 8.69. The van der Waals surface area contributed by atoms with Crippen LogP contribution in [0.2, 0.25) is 0 Å². The molecule has 0 aromatic carbocycles. The molecule has 0 bridgehead atoms. The van der Waals surface area contributed by atoms with Gasteiger partial charge in [0.1, 0.15) is 0 Å². The summed E-state index contributed by atoms with van der Waals surface area (Å²) >= 11 is 1.37. The maximum atomic E-state index is 11.7. The monoisotopic (exact) mass is 272 g/mol. The zero-order chi connectivity index (χ0) is 13.4. The topological polar surface area (TPSA) is 75.9 Å². The van der Waals surface area contributed by atoms with Gasteiger partial charge < -0.3 is 10.2 Å². The lowest BCUT2D eigenvalue weighted by Crippen LogP contribution is -2.28. The Bertz CT molecular complexity index is 369. The predicted octanol–water partition coefficient (Wildman–Crippen LogP) is -0.147. The Morgan fingerprint density at radius 1 is 1.50 bits per heavy atom. The largest absolute Gasteiger partial charge is 0.345 e. The van der Waals surface area contributed by atoms with E-state index in [-0.39, 0.29) is 5.91 Å². The maximum Gasteiger partial charge on any atom is 0.232 e. The van der Waals surface area contributed by atoms with Crippen molar-refractivity contribution in [1.29, 1.82) is 0 Å². The summed E-state index contributed by atoms with van der Waals surface area (Å²) in [5.41, 5.74) is 0. The summed E-state index contributed by atoms with van der Waals surface area (Å²) in [6, 6.07) is 0. The van der Waals surface area contributed by atoms with Gasteiger partial charge in [-0.3, -0.25) is 4.79 Å². The van der Waals surface area contributed by atoms with Crippen molar-refractivity contribution in [1.82, 2.24) is 30.4 Å². The van der Waals surface area contributed by atoms with Crippen LogP contribution >= 0.6 is 11.8 Å². The molecular formula is C10H20N6OS. The van der Waals surface area contributed by atoms with Crippen molar-refractivity contribution < 1.29 is 4.79 Å². The van der Waals surface area contributed by atoms with E-state index in [9.17, 15) is 4.79 Å². The highest BCUT2D eigenvalue weighted by Gasteiger charge is 2.11. The van der Waals surface area contributed by atoms with Crippen molar-refractivity contribution in [2.75, 3.05) is 32.4 Å². The summed E-state index contributed by atoms with van der Waals surface area (Å²) in [6.07, 6.45) is 0. The fraction of sp³-hybridized carbons (Fsp3) is 0.800. The van der Waals surface area contributed by atoms with Crippen LogP contribution in [0.15, 0.2) is 5.16 Å². The number of aromatic nitrogens is 4. The van der Waals surface area contributed by atoms with E-state index in [2.05, 4.69) is 27.8 Å². The molecule has 0 fully saturated rings. The van der Waals surface area contributed by atoms with E-state index in [1.54, 1.807) is 16.6 Å². The Morgan fingerprint density at radius 3 is 2.94 bits per heavy atom. The number of nitrogens with one attached hydrogen (secondary N) is 1. The molecular weight excluding hydrogens is 252 g/mol. The second kappa shape index (κ2) is 8.04. The summed E-state index contributed by atoms with van der Waals surface area (Å²) in [4.78, 5) is 13.3. The molecule has 0 aliphatic heterocycles. The number of carbonyl (C=O) groups excluding carboxylic acids is 1. The van der Waals surface area contributed by atoms with Crippen molar-refractivity contribution in [2.24, 2.45) is 0 Å². The SMILES string of the molecule is CCNCCn1nnnc1SCC(=O)N(C)CC. The molecule has 0 saturated heterocycles. The van der Waals surface area contributed by atoms with Gasteiger partial charge in [-0.2, -0.15) is 0 Å². The summed E-state index contributed by atoms with van der Waals surface area (Å²) in [5.74, 6) is 0.454. The van der Waals surface area contributed by atoms with Crippen LogP contribution in [0.5, 0.6) is 0 Å². The van der Waals surface area contributed by atoms with Crippen molar-refractivity contribution >= 4 is 17.7 Å². The van der Waals surface area contributed by atoms with Crippen LogP contribution in [-0.2, 0) is 11.3 Å². The molecule has 1 amide bonds. The van der Waals surface area contributed by atoms with Crippen molar-refractivity contribution in [3.05, 3.63) is 0 Å². The molecule has 0 saturated carbocycles. The first-order valence-corrected chi connectivity index (χ1v) is 7.01. The van der Waals surface area contributed by atoms with E-state index in [0.29, 0.717) is 24.0 Å². The molecule has 1 aromatic rings. The number of likely N-dealkylation sites (N-methyl/N-ethyl adjacent to an activating group) is 1. The average molecular weight is 272 g/mol. The number of hydrogen-bond acceptors (Lipinski definition) is 6. The Labute approximate surface area is 111 Å². The number of hydrogen-bond donors (Lipinski definition) is 1. The van der Waals surface area contributed by atoms with Crippen molar-refractivity contribution in [3.8, 4) is 0 Å². The van der Waals surface area contributed by atoms with Crippen molar-refractivity contribution in [2.45, 2.75) is 25.5 Å². The Balaban J connectivity index is 2.42. The highest BCUT2D eigenvalue weighted by Crippen LogP contribution is 2.13. The Kier molecular flexibility index (Phi) is 6.66. The fourth-order valence-electron chi connectivity index (χ4n) is 1.21. The first-order valence-electron chi connectivity index (χ1n) is 6.02. The van der Waals surface area contributed by atoms with Gasteiger partial charge in [-0.1, -0.05) is 18.7 Å². The van der Waals surface area contributed by atoms with Crippen LogP contribution in [0.25, 0.3) is 0 Å². The summed E-state index contributed by atoms with van der Waals surface area (Å²) in [7, 11) is 1.79. The molecule has 7 nitrogen and oxygen atoms in total. The molecule has 0 spiro atoms. The van der Waals surface area contributed by atoms with Gasteiger partial charge in [0.25, 0.3) is 0 Å². The molecule has 1 aromatic heterocycles. The average Bonchev–Trinajstić information content (AvgIpc) is 2.83. The number of tetrazole rings is 1. The van der Waals surface area contributed by atoms with Crippen LogP contribution in [0.3, 0.4) is 0 Å². The van der Waals surface area contributed by atoms with Crippen molar-refractivity contribution in [3.63, 3.8) is 0 Å². The molecule has 0 aliphatic carbocycles. The number of amides is 1. The van der Waals surface area contributed by atoms with Crippen LogP contribution in [0, 0.1) is 0 Å². The van der Waals surface area contributed by atoms with E-state index in [4.69, 9.17) is 0 Å². The molecule has 8 heteroatoms. The lowest BCUT2D eigenvalue weighted by atomic mass is 10.5. The van der Waals surface area contributed by atoms with Crippen LogP contribution in [-0.4, -0.2) is 63.4 Å². The molecule has 0 unspecified atom stereocenters. The Morgan fingerprint density at radius 2 is 2.28 bits per heavy atom. The molecule has 18 heavy (non-hydrogen) atoms. The minimum Gasteiger partial charge on any atom is -0.345 e. The zero-order valence-electron chi connectivity index (χ0n) is 11.1. The van der Waals surface area contributed by atoms with Gasteiger partial charge in [0.15, 0.2) is 0 Å². The molecule has 1 N–H and O–H groups in total. The first kappa shape index (κ1) is 14.9. The predicted molar refractivity (Wildman–Crippen MR) is 70.4 cm³/mol. The van der Waals surface area contributed by atoms with Gasteiger partial charge in [0, 0.05) is 20.1 Å². The van der Waals surface area contributed by atoms with Crippen LogP contribution in [0.1, 0.15) is 13.8 Å². The van der Waals surface area contributed by atoms with Crippen LogP contribution < -0.4 is 5.32 Å². The van der Waals surface area contributed by atoms with E-state index < -0.39 is 0 Å². The molecule has 1 rings (SSSR count). The number of carbonyl (C=O) groups is 1. The van der Waals surface area contributed by atoms with Crippen LogP contribution in [0.4, 0.5) is 0 Å². The molecule has 0 aliphatic rings. The molecule has 1 heterocycles. The minimum absolute atomic E-state index is 0.0868. The van der Waals surface area contributed by atoms with E-state index in [0.717, 1.165) is 13.1 Å². The molecule has 102 valence electrons. The van der Waals surface area contributed by atoms with E-state index >= 15 is 0 Å². The number of rotatable bonds is 8.